The van der Waals surface area contributed by atoms with Gasteiger partial charge in [-0.15, -0.1) is 0 Å². The van der Waals surface area contributed by atoms with E-state index in [0.29, 0.717) is 19.1 Å². The van der Waals surface area contributed by atoms with E-state index >= 15 is 0 Å². The molecule has 0 unspecified atom stereocenters. The molecule has 0 atom stereocenters. The van der Waals surface area contributed by atoms with Crippen LogP contribution in [0.15, 0.2) is 41.0 Å². The molecular formula is C19H22N2O4. The number of furan rings is 1. The van der Waals surface area contributed by atoms with Crippen LogP contribution in [0.1, 0.15) is 39.3 Å². The lowest BCUT2D eigenvalue weighted by Crippen LogP contribution is -2.42. The number of piperidine rings is 1. The molecule has 0 aliphatic carbocycles. The molecule has 0 saturated carbocycles. The van der Waals surface area contributed by atoms with Crippen molar-refractivity contribution in [3.63, 3.8) is 0 Å². The van der Waals surface area contributed by atoms with Crippen LogP contribution in [-0.4, -0.2) is 43.0 Å². The highest BCUT2D eigenvalue weighted by molar-refractivity contribution is 5.96. The number of esters is 1. The van der Waals surface area contributed by atoms with E-state index in [1.807, 2.05) is 6.07 Å². The number of nitrogens with one attached hydrogen (secondary N) is 1. The van der Waals surface area contributed by atoms with Gasteiger partial charge in [0.05, 0.1) is 12.7 Å². The van der Waals surface area contributed by atoms with Crippen LogP contribution in [0, 0.1) is 6.92 Å². The predicted octanol–water partition coefficient (Wildman–Crippen LogP) is 3.09. The van der Waals surface area contributed by atoms with E-state index in [1.165, 1.54) is 25.0 Å². The van der Waals surface area contributed by atoms with Crippen LogP contribution >= 0.6 is 0 Å². The summed E-state index contributed by atoms with van der Waals surface area (Å²) in [6.45, 7) is 3.37. The highest BCUT2D eigenvalue weighted by atomic mass is 16.5. The molecule has 1 fully saturated rings. The van der Waals surface area contributed by atoms with Crippen molar-refractivity contribution in [2.24, 2.45) is 0 Å². The molecule has 1 aromatic heterocycles. The van der Waals surface area contributed by atoms with Crippen molar-refractivity contribution < 1.29 is 18.7 Å². The zero-order valence-electron chi connectivity index (χ0n) is 14.5. The first-order valence-corrected chi connectivity index (χ1v) is 8.36. The SMILES string of the molecule is COC(=O)c1coc(C(=O)N2CCC(Nc3cccc(C)c3)CC2)c1. The van der Waals surface area contributed by atoms with Gasteiger partial charge in [-0.05, 0) is 37.5 Å². The minimum absolute atomic E-state index is 0.172. The fourth-order valence-corrected chi connectivity index (χ4v) is 3.03. The standard InChI is InChI=1S/C19H22N2O4/c1-13-4-3-5-16(10-13)20-15-6-8-21(9-7-15)18(22)17-11-14(12-25-17)19(23)24-2/h3-5,10-12,15,20H,6-9H2,1-2H3. The summed E-state index contributed by atoms with van der Waals surface area (Å²) in [4.78, 5) is 25.7. The number of hydrogen-bond donors (Lipinski definition) is 1. The van der Waals surface area contributed by atoms with Gasteiger partial charge in [-0.1, -0.05) is 12.1 Å². The summed E-state index contributed by atoms with van der Waals surface area (Å²) in [5.41, 5.74) is 2.58. The number of aryl methyl sites for hydroxylation is 1. The molecule has 25 heavy (non-hydrogen) atoms. The molecule has 0 spiro atoms. The van der Waals surface area contributed by atoms with E-state index in [9.17, 15) is 9.59 Å². The quantitative estimate of drug-likeness (QED) is 0.865. The van der Waals surface area contributed by atoms with Gasteiger partial charge >= 0.3 is 5.97 Å². The van der Waals surface area contributed by atoms with Crippen LogP contribution in [0.5, 0.6) is 0 Å². The summed E-state index contributed by atoms with van der Waals surface area (Å²) in [6.07, 6.45) is 2.99. The van der Waals surface area contributed by atoms with Crippen LogP contribution in [0.25, 0.3) is 0 Å². The van der Waals surface area contributed by atoms with Gasteiger partial charge in [0.1, 0.15) is 6.26 Å². The molecule has 1 N–H and O–H groups in total. The second-order valence-corrected chi connectivity index (χ2v) is 6.27. The van der Waals surface area contributed by atoms with E-state index in [4.69, 9.17) is 4.42 Å². The number of hydrogen-bond acceptors (Lipinski definition) is 5. The number of benzene rings is 1. The van der Waals surface area contributed by atoms with E-state index in [-0.39, 0.29) is 17.2 Å². The number of anilines is 1. The van der Waals surface area contributed by atoms with E-state index in [2.05, 4.69) is 35.2 Å². The molecule has 1 aliphatic heterocycles. The summed E-state index contributed by atoms with van der Waals surface area (Å²) in [5, 5.41) is 3.52. The maximum Gasteiger partial charge on any atom is 0.341 e. The van der Waals surface area contributed by atoms with Gasteiger partial charge in [-0.3, -0.25) is 4.79 Å². The van der Waals surface area contributed by atoms with Gasteiger partial charge < -0.3 is 19.4 Å². The van der Waals surface area contributed by atoms with Crippen LogP contribution in [0.3, 0.4) is 0 Å². The van der Waals surface area contributed by atoms with Gasteiger partial charge in [0.2, 0.25) is 0 Å². The summed E-state index contributed by atoms with van der Waals surface area (Å²) >= 11 is 0. The van der Waals surface area contributed by atoms with Gasteiger partial charge in [-0.25, -0.2) is 4.79 Å². The fourth-order valence-electron chi connectivity index (χ4n) is 3.03. The Bertz CT molecular complexity index is 760. The highest BCUT2D eigenvalue weighted by Crippen LogP contribution is 2.20. The molecule has 132 valence electrons. The Labute approximate surface area is 146 Å². The monoisotopic (exact) mass is 342 g/mol. The third kappa shape index (κ3) is 4.02. The summed E-state index contributed by atoms with van der Waals surface area (Å²) in [5.74, 6) is -0.529. The highest BCUT2D eigenvalue weighted by Gasteiger charge is 2.26. The maximum atomic E-state index is 12.5. The fraction of sp³-hybridized carbons (Fsp3) is 0.368. The van der Waals surface area contributed by atoms with Crippen molar-refractivity contribution in [2.45, 2.75) is 25.8 Å². The molecule has 1 aliphatic rings. The lowest BCUT2D eigenvalue weighted by molar-refractivity contribution is 0.0599. The number of carbonyl (C=O) groups is 2. The van der Waals surface area contributed by atoms with Gasteiger partial charge in [0, 0.05) is 30.9 Å². The summed E-state index contributed by atoms with van der Waals surface area (Å²) < 4.78 is 9.85. The lowest BCUT2D eigenvalue weighted by Gasteiger charge is -2.32. The first kappa shape index (κ1) is 17.1. The van der Waals surface area contributed by atoms with Crippen molar-refractivity contribution in [3.8, 4) is 0 Å². The third-order valence-electron chi connectivity index (χ3n) is 4.40. The van der Waals surface area contributed by atoms with Crippen molar-refractivity contribution in [1.82, 2.24) is 4.90 Å². The van der Waals surface area contributed by atoms with Crippen molar-refractivity contribution >= 4 is 17.6 Å². The predicted molar refractivity (Wildman–Crippen MR) is 93.8 cm³/mol. The van der Waals surface area contributed by atoms with E-state index in [1.54, 1.807) is 4.90 Å². The number of likely N-dealkylation sites (tertiary alicyclic amines) is 1. The molecular weight excluding hydrogens is 320 g/mol. The number of amides is 1. The van der Waals surface area contributed by atoms with Crippen molar-refractivity contribution in [3.05, 3.63) is 53.5 Å². The average Bonchev–Trinajstić information content (AvgIpc) is 3.11. The first-order valence-electron chi connectivity index (χ1n) is 8.36. The van der Waals surface area contributed by atoms with Crippen molar-refractivity contribution in [2.75, 3.05) is 25.5 Å². The van der Waals surface area contributed by atoms with Crippen LogP contribution in [0.4, 0.5) is 5.69 Å². The van der Waals surface area contributed by atoms with Crippen LogP contribution < -0.4 is 5.32 Å². The van der Waals surface area contributed by atoms with Gasteiger partial charge in [-0.2, -0.15) is 0 Å². The Hall–Kier alpha value is -2.76. The topological polar surface area (TPSA) is 71.8 Å². The second kappa shape index (κ2) is 7.42. The normalized spacial score (nSPS) is 15.0. The van der Waals surface area contributed by atoms with Crippen LogP contribution in [0.2, 0.25) is 0 Å². The third-order valence-corrected chi connectivity index (χ3v) is 4.40. The Morgan fingerprint density at radius 1 is 1.24 bits per heavy atom. The molecule has 6 heteroatoms. The average molecular weight is 342 g/mol. The molecule has 0 bridgehead atoms. The molecule has 0 radical (unpaired) electrons. The molecule has 2 aromatic rings. The zero-order valence-corrected chi connectivity index (χ0v) is 14.5. The molecule has 1 amide bonds. The molecule has 3 rings (SSSR count). The first-order chi connectivity index (χ1) is 12.1. The molecule has 6 nitrogen and oxygen atoms in total. The number of nitrogens with zero attached hydrogens (tertiary/aromatic N) is 1. The number of methoxy groups -OCH3 is 1. The Kier molecular flexibility index (Phi) is 5.07. The Balaban J connectivity index is 1.55. The summed E-state index contributed by atoms with van der Waals surface area (Å²) in [7, 11) is 1.29. The number of carbonyl (C=O) groups excluding carboxylic acids is 2. The minimum Gasteiger partial charge on any atom is -0.465 e. The Morgan fingerprint density at radius 3 is 2.68 bits per heavy atom. The minimum atomic E-state index is -0.510. The molecule has 2 heterocycles. The van der Waals surface area contributed by atoms with Gasteiger partial charge in [0.25, 0.3) is 5.91 Å². The zero-order chi connectivity index (χ0) is 17.8. The number of rotatable bonds is 4. The Morgan fingerprint density at radius 2 is 2.00 bits per heavy atom. The largest absolute Gasteiger partial charge is 0.465 e. The van der Waals surface area contributed by atoms with Crippen LogP contribution in [-0.2, 0) is 4.74 Å². The van der Waals surface area contributed by atoms with Crippen molar-refractivity contribution in [1.29, 1.82) is 0 Å². The van der Waals surface area contributed by atoms with Gasteiger partial charge in [0.15, 0.2) is 5.76 Å². The summed E-state index contributed by atoms with van der Waals surface area (Å²) in [6, 6.07) is 10.1. The maximum absolute atomic E-state index is 12.5. The molecule has 1 aromatic carbocycles. The second-order valence-electron chi connectivity index (χ2n) is 6.27. The number of ether oxygens (including phenoxy) is 1. The van der Waals surface area contributed by atoms with E-state index < -0.39 is 5.97 Å². The molecule has 1 saturated heterocycles. The lowest BCUT2D eigenvalue weighted by atomic mass is 10.0. The smallest absolute Gasteiger partial charge is 0.341 e. The van der Waals surface area contributed by atoms with E-state index in [0.717, 1.165) is 18.5 Å².